The summed E-state index contributed by atoms with van der Waals surface area (Å²) in [4.78, 5) is 24.6. The van der Waals surface area contributed by atoms with Crippen LogP contribution in [0.25, 0.3) is 5.69 Å². The highest BCUT2D eigenvalue weighted by Gasteiger charge is 2.19. The molecule has 2 aromatic rings. The van der Waals surface area contributed by atoms with Gasteiger partial charge in [0.15, 0.2) is 5.69 Å². The Bertz CT molecular complexity index is 823. The first-order valence-corrected chi connectivity index (χ1v) is 8.20. The Morgan fingerprint density at radius 3 is 2.58 bits per heavy atom. The average Bonchev–Trinajstić information content (AvgIpc) is 2.54. The maximum absolute atomic E-state index is 14.0. The van der Waals surface area contributed by atoms with Crippen LogP contribution in [0.5, 0.6) is 0 Å². The van der Waals surface area contributed by atoms with E-state index in [9.17, 15) is 14.0 Å². The number of halogens is 2. The first-order valence-electron chi connectivity index (χ1n) is 8.20. The van der Waals surface area contributed by atoms with E-state index < -0.39 is 17.2 Å². The van der Waals surface area contributed by atoms with Crippen LogP contribution in [-0.2, 0) is 0 Å². The van der Waals surface area contributed by atoms with Crippen LogP contribution in [0, 0.1) is 18.7 Å². The van der Waals surface area contributed by atoms with Gasteiger partial charge in [0.2, 0.25) is 5.43 Å². The first kappa shape index (κ1) is 21.8. The van der Waals surface area contributed by atoms with Crippen molar-refractivity contribution >= 4 is 18.3 Å². The Morgan fingerprint density at radius 2 is 2.00 bits per heavy atom. The molecule has 26 heavy (non-hydrogen) atoms. The summed E-state index contributed by atoms with van der Waals surface area (Å²) >= 11 is 0. The van der Waals surface area contributed by atoms with Crippen LogP contribution in [0.2, 0.25) is 0 Å². The molecule has 2 rings (SSSR count). The van der Waals surface area contributed by atoms with Gasteiger partial charge in [0, 0.05) is 24.3 Å². The largest absolute Gasteiger partial charge is 0.347 e. The van der Waals surface area contributed by atoms with Gasteiger partial charge in [-0.2, -0.15) is 5.10 Å². The van der Waals surface area contributed by atoms with Crippen molar-refractivity contribution in [1.82, 2.24) is 15.1 Å². The van der Waals surface area contributed by atoms with E-state index in [-0.39, 0.29) is 36.4 Å². The Balaban J connectivity index is 0.00000338. The predicted molar refractivity (Wildman–Crippen MR) is 102 cm³/mol. The van der Waals surface area contributed by atoms with Crippen LogP contribution in [0.15, 0.2) is 35.1 Å². The van der Waals surface area contributed by atoms with Gasteiger partial charge in [0.05, 0.1) is 0 Å². The molecular weight excluding hydrogens is 359 g/mol. The maximum atomic E-state index is 14.0. The Labute approximate surface area is 158 Å². The molecule has 1 atom stereocenters. The number of amides is 1. The number of nitrogens with zero attached hydrogens (tertiary/aromatic N) is 2. The molecule has 8 heteroatoms. The van der Waals surface area contributed by atoms with Gasteiger partial charge in [0.25, 0.3) is 5.91 Å². The fraction of sp³-hybridized carbons (Fsp3) is 0.389. The average molecular weight is 383 g/mol. The number of aryl methyl sites for hydroxylation is 1. The highest BCUT2D eigenvalue weighted by atomic mass is 35.5. The fourth-order valence-corrected chi connectivity index (χ4v) is 2.61. The van der Waals surface area contributed by atoms with Gasteiger partial charge < -0.3 is 11.1 Å². The summed E-state index contributed by atoms with van der Waals surface area (Å²) in [5.41, 5.74) is 5.50. The standard InChI is InChI=1S/C18H23FN4O2.ClH/c1-11(2)8-13(10-20)21-18(25)17-16(24)9-12(3)23(22-17)15-7-5-4-6-14(15)19;/h4-7,9,11,13H,8,10,20H2,1-3H3,(H,21,25);1H. The highest BCUT2D eigenvalue weighted by molar-refractivity contribution is 5.92. The monoisotopic (exact) mass is 382 g/mol. The van der Waals surface area contributed by atoms with Crippen molar-refractivity contribution in [2.24, 2.45) is 11.7 Å². The zero-order chi connectivity index (χ0) is 18.6. The molecule has 6 nitrogen and oxygen atoms in total. The number of para-hydroxylation sites is 1. The molecule has 1 amide bonds. The summed E-state index contributed by atoms with van der Waals surface area (Å²) in [5, 5.41) is 6.82. The number of carbonyl (C=O) groups excluding carboxylic acids is 1. The number of rotatable bonds is 6. The number of nitrogens with two attached hydrogens (primary N) is 1. The second-order valence-electron chi connectivity index (χ2n) is 6.40. The molecule has 0 aliphatic carbocycles. The molecule has 1 aromatic carbocycles. The van der Waals surface area contributed by atoms with E-state index in [0.717, 1.165) is 0 Å². The molecule has 0 bridgehead atoms. The molecule has 0 spiro atoms. The molecule has 0 saturated carbocycles. The first-order chi connectivity index (χ1) is 11.8. The molecule has 0 aliphatic rings. The Hall–Kier alpha value is -2.25. The minimum atomic E-state index is -0.605. The van der Waals surface area contributed by atoms with Crippen LogP contribution < -0.4 is 16.5 Å². The summed E-state index contributed by atoms with van der Waals surface area (Å²) in [6.45, 7) is 5.93. The molecule has 1 aromatic heterocycles. The van der Waals surface area contributed by atoms with Gasteiger partial charge in [-0.15, -0.1) is 12.4 Å². The van der Waals surface area contributed by atoms with Crippen molar-refractivity contribution in [3.05, 3.63) is 57.8 Å². The van der Waals surface area contributed by atoms with Crippen molar-refractivity contribution in [1.29, 1.82) is 0 Å². The zero-order valence-electron chi connectivity index (χ0n) is 15.0. The van der Waals surface area contributed by atoms with Crippen molar-refractivity contribution in [2.45, 2.75) is 33.2 Å². The smallest absolute Gasteiger partial charge is 0.276 e. The summed E-state index contributed by atoms with van der Waals surface area (Å²) in [7, 11) is 0. The number of aromatic nitrogens is 2. The summed E-state index contributed by atoms with van der Waals surface area (Å²) in [6.07, 6.45) is 0.690. The number of nitrogens with one attached hydrogen (secondary N) is 1. The molecular formula is C18H24ClFN4O2. The van der Waals surface area contributed by atoms with Crippen LogP contribution in [0.3, 0.4) is 0 Å². The minimum absolute atomic E-state index is 0. The topological polar surface area (TPSA) is 90.0 Å². The minimum Gasteiger partial charge on any atom is -0.347 e. The van der Waals surface area contributed by atoms with Crippen molar-refractivity contribution in [3.63, 3.8) is 0 Å². The third kappa shape index (κ3) is 5.12. The Morgan fingerprint density at radius 1 is 1.35 bits per heavy atom. The third-order valence-electron chi connectivity index (χ3n) is 3.78. The van der Waals surface area contributed by atoms with E-state index in [1.54, 1.807) is 19.1 Å². The quantitative estimate of drug-likeness (QED) is 0.801. The SMILES string of the molecule is Cc1cc(=O)c(C(=O)NC(CN)CC(C)C)nn1-c1ccccc1F.Cl. The Kier molecular flexibility index (Phi) is 7.92. The maximum Gasteiger partial charge on any atom is 0.276 e. The van der Waals surface area contributed by atoms with Gasteiger partial charge >= 0.3 is 0 Å². The van der Waals surface area contributed by atoms with Crippen LogP contribution in [0.4, 0.5) is 4.39 Å². The van der Waals surface area contributed by atoms with Gasteiger partial charge in [-0.3, -0.25) is 9.59 Å². The van der Waals surface area contributed by atoms with E-state index in [0.29, 0.717) is 18.0 Å². The summed E-state index contributed by atoms with van der Waals surface area (Å²) in [6, 6.07) is 7.06. The lowest BCUT2D eigenvalue weighted by Crippen LogP contribution is -2.43. The fourth-order valence-electron chi connectivity index (χ4n) is 2.61. The molecule has 0 fully saturated rings. The van der Waals surface area contributed by atoms with E-state index in [1.807, 2.05) is 13.8 Å². The molecule has 142 valence electrons. The highest BCUT2D eigenvalue weighted by Crippen LogP contribution is 2.13. The normalized spacial score (nSPS) is 11.8. The third-order valence-corrected chi connectivity index (χ3v) is 3.78. The predicted octanol–water partition coefficient (Wildman–Crippen LogP) is 2.21. The number of hydrogen-bond acceptors (Lipinski definition) is 4. The molecule has 1 unspecified atom stereocenters. The van der Waals surface area contributed by atoms with Gasteiger partial charge in [-0.1, -0.05) is 26.0 Å². The number of carbonyl (C=O) groups is 1. The second kappa shape index (κ2) is 9.45. The lowest BCUT2D eigenvalue weighted by atomic mass is 10.0. The molecule has 3 N–H and O–H groups in total. The zero-order valence-corrected chi connectivity index (χ0v) is 15.8. The lowest BCUT2D eigenvalue weighted by Gasteiger charge is -2.19. The van der Waals surface area contributed by atoms with Crippen molar-refractivity contribution in [2.75, 3.05) is 6.54 Å². The van der Waals surface area contributed by atoms with Crippen LogP contribution in [0.1, 0.15) is 36.5 Å². The van der Waals surface area contributed by atoms with Crippen molar-refractivity contribution < 1.29 is 9.18 Å². The van der Waals surface area contributed by atoms with E-state index in [4.69, 9.17) is 5.73 Å². The second-order valence-corrected chi connectivity index (χ2v) is 6.40. The summed E-state index contributed by atoms with van der Waals surface area (Å²) < 4.78 is 15.3. The molecule has 1 heterocycles. The molecule has 0 saturated heterocycles. The van der Waals surface area contributed by atoms with Gasteiger partial charge in [0.1, 0.15) is 11.5 Å². The lowest BCUT2D eigenvalue weighted by molar-refractivity contribution is 0.0925. The number of benzene rings is 1. The van der Waals surface area contributed by atoms with E-state index in [1.165, 1.54) is 22.9 Å². The molecule has 0 aliphatic heterocycles. The molecule has 0 radical (unpaired) electrons. The van der Waals surface area contributed by atoms with Gasteiger partial charge in [-0.05, 0) is 31.4 Å². The van der Waals surface area contributed by atoms with Crippen molar-refractivity contribution in [3.8, 4) is 5.69 Å². The van der Waals surface area contributed by atoms with E-state index in [2.05, 4.69) is 10.4 Å². The van der Waals surface area contributed by atoms with Gasteiger partial charge in [-0.25, -0.2) is 9.07 Å². The van der Waals surface area contributed by atoms with Crippen LogP contribution >= 0.6 is 12.4 Å². The number of hydrogen-bond donors (Lipinski definition) is 2. The summed E-state index contributed by atoms with van der Waals surface area (Å²) in [5.74, 6) is -0.756. The van der Waals surface area contributed by atoms with Crippen LogP contribution in [-0.4, -0.2) is 28.3 Å². The van der Waals surface area contributed by atoms with E-state index >= 15 is 0 Å².